The highest BCUT2D eigenvalue weighted by Gasteiger charge is 2.28. The molecule has 1 aliphatic heterocycles. The minimum Gasteiger partial charge on any atom is -0.343 e. The maximum atomic E-state index is 12.5. The number of carbonyl (C=O) groups excluding carboxylic acids is 1. The van der Waals surface area contributed by atoms with Crippen LogP contribution in [0.3, 0.4) is 0 Å². The summed E-state index contributed by atoms with van der Waals surface area (Å²) in [4.78, 5) is 14.6. The van der Waals surface area contributed by atoms with Crippen LogP contribution in [0.2, 0.25) is 0 Å². The predicted octanol–water partition coefficient (Wildman–Crippen LogP) is 3.82. The van der Waals surface area contributed by atoms with Crippen molar-refractivity contribution in [3.05, 3.63) is 0 Å². The third-order valence-corrected chi connectivity index (χ3v) is 5.14. The highest BCUT2D eigenvalue weighted by molar-refractivity contribution is 5.76. The highest BCUT2D eigenvalue weighted by atomic mass is 16.2. The molecule has 0 saturated carbocycles. The molecule has 1 amide bonds. The lowest BCUT2D eigenvalue weighted by atomic mass is 9.77. The lowest BCUT2D eigenvalue weighted by Crippen LogP contribution is -2.33. The van der Waals surface area contributed by atoms with Gasteiger partial charge < -0.3 is 10.6 Å². The first kappa shape index (κ1) is 18.5. The van der Waals surface area contributed by atoms with Gasteiger partial charge in [0.25, 0.3) is 0 Å². The molecule has 3 heteroatoms. The summed E-state index contributed by atoms with van der Waals surface area (Å²) in [6.45, 7) is 14.0. The second-order valence-electron chi connectivity index (χ2n) is 8.58. The van der Waals surface area contributed by atoms with Crippen LogP contribution in [0.4, 0.5) is 0 Å². The van der Waals surface area contributed by atoms with E-state index in [1.165, 1.54) is 6.42 Å². The molecule has 1 unspecified atom stereocenters. The number of amides is 1. The SMILES string of the molecule is CC(C)(CCN)CCC(=O)N1CCCC(C(C)(C)C)CC1. The van der Waals surface area contributed by atoms with Crippen molar-refractivity contribution in [2.24, 2.45) is 22.5 Å². The molecule has 3 nitrogen and oxygen atoms in total. The molecule has 0 aromatic rings. The summed E-state index contributed by atoms with van der Waals surface area (Å²) in [6.07, 6.45) is 6.18. The van der Waals surface area contributed by atoms with Crippen LogP contribution in [0.1, 0.15) is 73.1 Å². The van der Waals surface area contributed by atoms with E-state index >= 15 is 0 Å². The van der Waals surface area contributed by atoms with E-state index in [4.69, 9.17) is 5.73 Å². The Hall–Kier alpha value is -0.570. The normalized spacial score (nSPS) is 21.2. The number of nitrogens with zero attached hydrogens (tertiary/aromatic N) is 1. The van der Waals surface area contributed by atoms with Crippen LogP contribution >= 0.6 is 0 Å². The summed E-state index contributed by atoms with van der Waals surface area (Å²) in [5.41, 5.74) is 6.19. The van der Waals surface area contributed by atoms with Crippen LogP contribution in [-0.2, 0) is 4.79 Å². The third-order valence-electron chi connectivity index (χ3n) is 5.14. The second-order valence-corrected chi connectivity index (χ2v) is 8.58. The second kappa shape index (κ2) is 7.62. The summed E-state index contributed by atoms with van der Waals surface area (Å²) in [7, 11) is 0. The van der Waals surface area contributed by atoms with Crippen molar-refractivity contribution in [3.8, 4) is 0 Å². The van der Waals surface area contributed by atoms with Crippen molar-refractivity contribution in [1.82, 2.24) is 4.90 Å². The van der Waals surface area contributed by atoms with Gasteiger partial charge in [0, 0.05) is 19.5 Å². The monoisotopic (exact) mass is 296 g/mol. The third kappa shape index (κ3) is 6.37. The molecule has 21 heavy (non-hydrogen) atoms. The van der Waals surface area contributed by atoms with Gasteiger partial charge in [-0.3, -0.25) is 4.79 Å². The van der Waals surface area contributed by atoms with Gasteiger partial charge in [-0.25, -0.2) is 0 Å². The molecule has 1 aliphatic rings. The maximum absolute atomic E-state index is 12.5. The number of hydrogen-bond acceptors (Lipinski definition) is 2. The van der Waals surface area contributed by atoms with E-state index in [0.717, 1.165) is 44.7 Å². The van der Waals surface area contributed by atoms with Crippen LogP contribution in [0, 0.1) is 16.7 Å². The molecule has 2 N–H and O–H groups in total. The molecular formula is C18H36N2O. The van der Waals surface area contributed by atoms with Gasteiger partial charge in [0.05, 0.1) is 0 Å². The number of rotatable bonds is 5. The molecule has 0 aromatic heterocycles. The summed E-state index contributed by atoms with van der Waals surface area (Å²) in [5, 5.41) is 0. The van der Waals surface area contributed by atoms with Gasteiger partial charge in [0.2, 0.25) is 5.91 Å². The summed E-state index contributed by atoms with van der Waals surface area (Å²) in [6, 6.07) is 0. The first-order valence-electron chi connectivity index (χ1n) is 8.63. The van der Waals surface area contributed by atoms with E-state index < -0.39 is 0 Å². The van der Waals surface area contributed by atoms with Crippen molar-refractivity contribution >= 4 is 5.91 Å². The van der Waals surface area contributed by atoms with Crippen LogP contribution in [0.5, 0.6) is 0 Å². The fourth-order valence-corrected chi connectivity index (χ4v) is 3.33. The maximum Gasteiger partial charge on any atom is 0.222 e. The topological polar surface area (TPSA) is 46.3 Å². The Bertz CT molecular complexity index is 331. The van der Waals surface area contributed by atoms with Gasteiger partial charge in [-0.05, 0) is 55.4 Å². The van der Waals surface area contributed by atoms with E-state index in [9.17, 15) is 4.79 Å². The molecule has 124 valence electrons. The molecular weight excluding hydrogens is 260 g/mol. The molecule has 0 aliphatic carbocycles. The van der Waals surface area contributed by atoms with Gasteiger partial charge in [-0.15, -0.1) is 0 Å². The summed E-state index contributed by atoms with van der Waals surface area (Å²) >= 11 is 0. The quantitative estimate of drug-likeness (QED) is 0.838. The fraction of sp³-hybridized carbons (Fsp3) is 0.944. The number of carbonyl (C=O) groups is 1. The van der Waals surface area contributed by atoms with Crippen molar-refractivity contribution in [2.75, 3.05) is 19.6 Å². The number of hydrogen-bond donors (Lipinski definition) is 1. The predicted molar refractivity (Wildman–Crippen MR) is 90.1 cm³/mol. The minimum absolute atomic E-state index is 0.185. The largest absolute Gasteiger partial charge is 0.343 e. The van der Waals surface area contributed by atoms with Gasteiger partial charge in [0.1, 0.15) is 0 Å². The van der Waals surface area contributed by atoms with Crippen LogP contribution in [0.25, 0.3) is 0 Å². The van der Waals surface area contributed by atoms with Crippen molar-refractivity contribution in [1.29, 1.82) is 0 Å². The van der Waals surface area contributed by atoms with Gasteiger partial charge in [-0.1, -0.05) is 34.6 Å². The zero-order valence-electron chi connectivity index (χ0n) is 14.9. The van der Waals surface area contributed by atoms with Gasteiger partial charge >= 0.3 is 0 Å². The molecule has 0 radical (unpaired) electrons. The minimum atomic E-state index is 0.185. The number of likely N-dealkylation sites (tertiary alicyclic amines) is 1. The Labute approximate surface area is 131 Å². The van der Waals surface area contributed by atoms with Crippen molar-refractivity contribution < 1.29 is 4.79 Å². The standard InChI is InChI=1S/C18H36N2O/c1-17(2,3)15-7-6-13-20(14-9-15)16(21)8-10-18(4,5)11-12-19/h15H,6-14,19H2,1-5H3. The lowest BCUT2D eigenvalue weighted by Gasteiger charge is -2.30. The van der Waals surface area contributed by atoms with Crippen LogP contribution in [-0.4, -0.2) is 30.4 Å². The summed E-state index contributed by atoms with van der Waals surface area (Å²) in [5.74, 6) is 1.08. The van der Waals surface area contributed by atoms with E-state index in [1.807, 2.05) is 0 Å². The smallest absolute Gasteiger partial charge is 0.222 e. The Morgan fingerprint density at radius 1 is 1.10 bits per heavy atom. The average Bonchev–Trinajstić information content (AvgIpc) is 2.61. The molecule has 0 bridgehead atoms. The number of nitrogens with two attached hydrogens (primary N) is 1. The van der Waals surface area contributed by atoms with E-state index in [0.29, 0.717) is 24.3 Å². The van der Waals surface area contributed by atoms with E-state index in [-0.39, 0.29) is 5.41 Å². The van der Waals surface area contributed by atoms with Crippen LogP contribution < -0.4 is 5.73 Å². The molecule has 1 rings (SSSR count). The molecule has 0 aromatic carbocycles. The Kier molecular flexibility index (Phi) is 6.71. The van der Waals surface area contributed by atoms with Gasteiger partial charge in [0.15, 0.2) is 0 Å². The Balaban J connectivity index is 2.45. The molecule has 0 spiro atoms. The fourth-order valence-electron chi connectivity index (χ4n) is 3.33. The van der Waals surface area contributed by atoms with Crippen LogP contribution in [0.15, 0.2) is 0 Å². The first-order valence-corrected chi connectivity index (χ1v) is 8.63. The zero-order chi connectivity index (χ0) is 16.1. The lowest BCUT2D eigenvalue weighted by molar-refractivity contribution is -0.131. The molecule has 1 saturated heterocycles. The van der Waals surface area contributed by atoms with Crippen molar-refractivity contribution in [3.63, 3.8) is 0 Å². The highest BCUT2D eigenvalue weighted by Crippen LogP contribution is 2.34. The Morgan fingerprint density at radius 2 is 1.76 bits per heavy atom. The molecule has 1 fully saturated rings. The van der Waals surface area contributed by atoms with Gasteiger partial charge in [-0.2, -0.15) is 0 Å². The zero-order valence-corrected chi connectivity index (χ0v) is 14.9. The molecule has 1 atom stereocenters. The molecule has 1 heterocycles. The van der Waals surface area contributed by atoms with E-state index in [2.05, 4.69) is 39.5 Å². The first-order chi connectivity index (χ1) is 9.65. The van der Waals surface area contributed by atoms with Crippen molar-refractivity contribution in [2.45, 2.75) is 73.1 Å². The summed E-state index contributed by atoms with van der Waals surface area (Å²) < 4.78 is 0. The van der Waals surface area contributed by atoms with E-state index in [1.54, 1.807) is 0 Å². The average molecular weight is 296 g/mol. The Morgan fingerprint density at radius 3 is 2.33 bits per heavy atom.